The highest BCUT2D eigenvalue weighted by Crippen LogP contribution is 2.39. The Hall–Kier alpha value is -6.88. The second kappa shape index (κ2) is 10.9. The van der Waals surface area contributed by atoms with E-state index in [9.17, 15) is 5.26 Å². The molecule has 0 unspecified atom stereocenters. The highest BCUT2D eigenvalue weighted by Gasteiger charge is 2.18. The lowest BCUT2D eigenvalue weighted by atomic mass is 9.96. The summed E-state index contributed by atoms with van der Waals surface area (Å²) >= 11 is 0. The molecule has 48 heavy (non-hydrogen) atoms. The summed E-state index contributed by atoms with van der Waals surface area (Å²) in [6.45, 7) is 7.63. The van der Waals surface area contributed by atoms with Gasteiger partial charge in [0.1, 0.15) is 6.07 Å². The number of rotatable bonds is 4. The number of nitriles is 1. The maximum atomic E-state index is 10.3. The molecule has 0 aliphatic rings. The summed E-state index contributed by atoms with van der Waals surface area (Å²) in [6, 6.07) is 56.9. The molecule has 4 heteroatoms. The van der Waals surface area contributed by atoms with E-state index in [1.807, 2.05) is 24.3 Å². The lowest BCUT2D eigenvalue weighted by Gasteiger charge is -2.16. The minimum atomic E-state index is 0.614. The van der Waals surface area contributed by atoms with Crippen LogP contribution in [0.3, 0.4) is 0 Å². The van der Waals surface area contributed by atoms with Crippen molar-refractivity contribution in [3.63, 3.8) is 0 Å². The van der Waals surface area contributed by atoms with Crippen molar-refractivity contribution in [3.8, 4) is 39.7 Å². The molecule has 0 aliphatic carbocycles. The van der Waals surface area contributed by atoms with Gasteiger partial charge in [-0.3, -0.25) is 0 Å². The van der Waals surface area contributed by atoms with Gasteiger partial charge in [-0.1, -0.05) is 97.1 Å². The maximum absolute atomic E-state index is 10.3. The largest absolute Gasteiger partial charge is 0.309 e. The van der Waals surface area contributed by atoms with Crippen LogP contribution in [-0.2, 0) is 0 Å². The van der Waals surface area contributed by atoms with Crippen molar-refractivity contribution < 1.29 is 0 Å². The predicted molar refractivity (Wildman–Crippen MR) is 197 cm³/mol. The van der Waals surface area contributed by atoms with Crippen molar-refractivity contribution in [3.05, 3.63) is 175 Å². The van der Waals surface area contributed by atoms with Crippen LogP contribution in [0.2, 0.25) is 0 Å². The monoisotopic (exact) mass is 610 g/mol. The average molecular weight is 611 g/mol. The molecule has 4 nitrogen and oxygen atoms in total. The molecule has 7 aromatic carbocycles. The molecule has 9 aromatic rings. The van der Waals surface area contributed by atoms with E-state index in [-0.39, 0.29) is 0 Å². The van der Waals surface area contributed by atoms with Gasteiger partial charge in [0.05, 0.1) is 39.9 Å². The first-order chi connectivity index (χ1) is 23.7. The van der Waals surface area contributed by atoms with E-state index in [0.29, 0.717) is 11.3 Å². The van der Waals surface area contributed by atoms with Crippen molar-refractivity contribution in [1.29, 1.82) is 5.26 Å². The lowest BCUT2D eigenvalue weighted by molar-refractivity contribution is 1.17. The Bertz CT molecular complexity index is 2750. The van der Waals surface area contributed by atoms with Crippen molar-refractivity contribution in [1.82, 2.24) is 9.13 Å². The number of para-hydroxylation sites is 3. The van der Waals surface area contributed by atoms with Crippen molar-refractivity contribution in [2.45, 2.75) is 0 Å². The molecule has 0 N–H and O–H groups in total. The molecule has 0 amide bonds. The second-order valence-electron chi connectivity index (χ2n) is 12.0. The molecular formula is C44H26N4. The third-order valence-electron chi connectivity index (χ3n) is 9.34. The molecule has 2 heterocycles. The number of aromatic nitrogens is 2. The molecule has 0 bridgehead atoms. The van der Waals surface area contributed by atoms with Crippen molar-refractivity contribution >= 4 is 49.3 Å². The van der Waals surface area contributed by atoms with Crippen LogP contribution in [0, 0.1) is 17.9 Å². The van der Waals surface area contributed by atoms with Crippen LogP contribution in [0.15, 0.2) is 158 Å². The molecule has 0 atom stereocenters. The summed E-state index contributed by atoms with van der Waals surface area (Å²) in [5.41, 5.74) is 11.6. The zero-order valence-electron chi connectivity index (χ0n) is 25.8. The van der Waals surface area contributed by atoms with Gasteiger partial charge in [-0.2, -0.15) is 5.26 Å². The van der Waals surface area contributed by atoms with Gasteiger partial charge in [-0.05, 0) is 88.3 Å². The Morgan fingerprint density at radius 2 is 1.02 bits per heavy atom. The highest BCUT2D eigenvalue weighted by atomic mass is 15.0. The van der Waals surface area contributed by atoms with E-state index in [4.69, 9.17) is 6.57 Å². The fourth-order valence-corrected chi connectivity index (χ4v) is 7.19. The summed E-state index contributed by atoms with van der Waals surface area (Å²) < 4.78 is 4.52. The summed E-state index contributed by atoms with van der Waals surface area (Å²) in [4.78, 5) is 3.71. The second-order valence-corrected chi connectivity index (χ2v) is 12.0. The maximum Gasteiger partial charge on any atom is 0.188 e. The molecule has 222 valence electrons. The van der Waals surface area contributed by atoms with Gasteiger partial charge < -0.3 is 9.13 Å². The molecule has 0 spiro atoms. The summed E-state index contributed by atoms with van der Waals surface area (Å²) in [5.74, 6) is 0. The summed E-state index contributed by atoms with van der Waals surface area (Å²) in [5, 5.41) is 14.8. The van der Waals surface area contributed by atoms with Crippen LogP contribution < -0.4 is 0 Å². The number of nitrogens with zero attached hydrogens (tertiary/aromatic N) is 4. The zero-order chi connectivity index (χ0) is 32.2. The van der Waals surface area contributed by atoms with Gasteiger partial charge in [0.25, 0.3) is 0 Å². The third-order valence-corrected chi connectivity index (χ3v) is 9.34. The zero-order valence-corrected chi connectivity index (χ0v) is 25.8. The molecular weight excluding hydrogens is 585 g/mol. The number of fused-ring (bicyclic) bond motifs is 6. The van der Waals surface area contributed by atoms with E-state index in [1.54, 1.807) is 0 Å². The number of hydrogen-bond donors (Lipinski definition) is 0. The lowest BCUT2D eigenvalue weighted by Crippen LogP contribution is -1.99. The molecule has 0 saturated carbocycles. The average Bonchev–Trinajstić information content (AvgIpc) is 3.67. The fourth-order valence-electron chi connectivity index (χ4n) is 7.19. The van der Waals surface area contributed by atoms with E-state index >= 15 is 0 Å². The first kappa shape index (κ1) is 27.4. The topological polar surface area (TPSA) is 38.0 Å². The fraction of sp³-hybridized carbons (Fsp3) is 0. The first-order valence-electron chi connectivity index (χ1n) is 15.9. The van der Waals surface area contributed by atoms with Gasteiger partial charge in [-0.15, -0.1) is 0 Å². The van der Waals surface area contributed by atoms with Gasteiger partial charge in [0, 0.05) is 21.8 Å². The SMILES string of the molecule is [C-]#[N+]c1ccc2c(c1)c1ccccc1n2-c1cc(-c2ccccc2)cc(-c2ccc(C#N)c(-n3c4ccccc4c4ccccc43)c2)c1. The molecule has 0 fully saturated rings. The van der Waals surface area contributed by atoms with E-state index in [0.717, 1.165) is 77.2 Å². The van der Waals surface area contributed by atoms with Crippen LogP contribution in [-0.4, -0.2) is 9.13 Å². The Kier molecular flexibility index (Phi) is 6.22. The molecule has 2 aromatic heterocycles. The van der Waals surface area contributed by atoms with Crippen LogP contribution in [0.4, 0.5) is 5.69 Å². The molecule has 0 saturated heterocycles. The van der Waals surface area contributed by atoms with E-state index in [2.05, 4.69) is 154 Å². The Balaban J connectivity index is 1.33. The van der Waals surface area contributed by atoms with E-state index < -0.39 is 0 Å². The van der Waals surface area contributed by atoms with Crippen LogP contribution in [0.1, 0.15) is 5.56 Å². The van der Waals surface area contributed by atoms with Gasteiger partial charge >= 0.3 is 0 Å². The van der Waals surface area contributed by atoms with Gasteiger partial charge in [0.15, 0.2) is 5.69 Å². The third kappa shape index (κ3) is 4.22. The highest BCUT2D eigenvalue weighted by molar-refractivity contribution is 6.11. The Morgan fingerprint density at radius 1 is 0.458 bits per heavy atom. The van der Waals surface area contributed by atoms with Gasteiger partial charge in [-0.25, -0.2) is 4.85 Å². The number of hydrogen-bond acceptors (Lipinski definition) is 1. The smallest absolute Gasteiger partial charge is 0.188 e. The molecule has 0 aliphatic heterocycles. The van der Waals surface area contributed by atoms with Crippen LogP contribution >= 0.6 is 0 Å². The normalized spacial score (nSPS) is 11.3. The first-order valence-corrected chi connectivity index (χ1v) is 15.9. The Morgan fingerprint density at radius 3 is 1.67 bits per heavy atom. The van der Waals surface area contributed by atoms with E-state index in [1.165, 1.54) is 0 Å². The quantitative estimate of drug-likeness (QED) is 0.183. The van der Waals surface area contributed by atoms with Crippen molar-refractivity contribution in [2.75, 3.05) is 0 Å². The van der Waals surface area contributed by atoms with Crippen LogP contribution in [0.5, 0.6) is 0 Å². The van der Waals surface area contributed by atoms with Gasteiger partial charge in [0.2, 0.25) is 0 Å². The molecule has 9 rings (SSSR count). The molecule has 0 radical (unpaired) electrons. The summed E-state index contributed by atoms with van der Waals surface area (Å²) in [6.07, 6.45) is 0. The minimum absolute atomic E-state index is 0.614. The van der Waals surface area contributed by atoms with Crippen molar-refractivity contribution in [2.24, 2.45) is 0 Å². The standard InChI is InChI=1S/C44H26N4/c1-46-34-21-22-43-39(27-34)38-15-7-8-16-40(38)47(43)35-24-32(29-11-3-2-4-12-29)23-33(25-35)30-19-20-31(28-45)44(26-30)48-41-17-9-5-13-36(41)37-14-6-10-18-42(37)48/h2-27H. The summed E-state index contributed by atoms with van der Waals surface area (Å²) in [7, 11) is 0. The number of benzene rings is 7. The predicted octanol–water partition coefficient (Wildman–Crippen LogP) is 11.6. The minimum Gasteiger partial charge on any atom is -0.309 e. The Labute approximate surface area is 277 Å². The van der Waals surface area contributed by atoms with Crippen LogP contribution in [0.25, 0.3) is 82.1 Å².